The maximum Gasteiger partial charge on any atom is 0.159 e. The predicted octanol–water partition coefficient (Wildman–Crippen LogP) is 0.851. The van der Waals surface area contributed by atoms with Gasteiger partial charge in [-0.15, -0.1) is 0 Å². The van der Waals surface area contributed by atoms with Crippen molar-refractivity contribution in [3.05, 3.63) is 35.4 Å². The lowest BCUT2D eigenvalue weighted by molar-refractivity contribution is 0.498. The molecule has 1 aromatic carbocycles. The van der Waals surface area contributed by atoms with E-state index in [0.29, 0.717) is 12.1 Å². The van der Waals surface area contributed by atoms with E-state index in [-0.39, 0.29) is 17.5 Å². The van der Waals surface area contributed by atoms with Crippen LogP contribution in [0.5, 0.6) is 0 Å². The first-order chi connectivity index (χ1) is 7.46. The average Bonchev–Trinajstić information content (AvgIpc) is 2.16. The number of sulfone groups is 1. The van der Waals surface area contributed by atoms with Crippen LogP contribution in [0.25, 0.3) is 0 Å². The Bertz CT molecular complexity index is 490. The van der Waals surface area contributed by atoms with Crippen molar-refractivity contribution in [3.8, 4) is 0 Å². The average molecular weight is 247 g/mol. The molecule has 16 heavy (non-hydrogen) atoms. The Morgan fingerprint density at radius 2 is 1.94 bits per heavy atom. The Morgan fingerprint density at radius 1 is 1.25 bits per heavy atom. The quantitative estimate of drug-likeness (QED) is 0.861. The van der Waals surface area contributed by atoms with Gasteiger partial charge >= 0.3 is 0 Å². The molecule has 1 saturated heterocycles. The third-order valence-electron chi connectivity index (χ3n) is 2.49. The van der Waals surface area contributed by atoms with E-state index in [9.17, 15) is 17.2 Å². The van der Waals surface area contributed by atoms with E-state index < -0.39 is 21.5 Å². The highest BCUT2D eigenvalue weighted by Gasteiger charge is 2.32. The number of rotatable bonds is 3. The van der Waals surface area contributed by atoms with Crippen molar-refractivity contribution in [1.29, 1.82) is 0 Å². The predicted molar refractivity (Wildman–Crippen MR) is 55.6 cm³/mol. The molecule has 0 radical (unpaired) electrons. The number of halogens is 2. The molecule has 0 bridgehead atoms. The molecule has 0 aromatic heterocycles. The molecular formula is C10H11F2NO2S. The van der Waals surface area contributed by atoms with Crippen LogP contribution in [0.4, 0.5) is 8.78 Å². The van der Waals surface area contributed by atoms with Gasteiger partial charge in [-0.3, -0.25) is 0 Å². The van der Waals surface area contributed by atoms with Crippen molar-refractivity contribution in [3.63, 3.8) is 0 Å². The Balaban J connectivity index is 1.89. The highest BCUT2D eigenvalue weighted by atomic mass is 32.2. The van der Waals surface area contributed by atoms with Crippen molar-refractivity contribution in [2.45, 2.75) is 12.6 Å². The van der Waals surface area contributed by atoms with Crippen LogP contribution in [-0.2, 0) is 16.4 Å². The fourth-order valence-corrected chi connectivity index (χ4v) is 2.96. The fraction of sp³-hybridized carbons (Fsp3) is 0.400. The largest absolute Gasteiger partial charge is 0.308 e. The first kappa shape index (κ1) is 11.5. The summed E-state index contributed by atoms with van der Waals surface area (Å²) in [6.07, 6.45) is 0. The van der Waals surface area contributed by atoms with Crippen LogP contribution in [-0.4, -0.2) is 26.0 Å². The van der Waals surface area contributed by atoms with Crippen LogP contribution < -0.4 is 5.32 Å². The molecule has 0 amide bonds. The number of hydrogen-bond donors (Lipinski definition) is 1. The summed E-state index contributed by atoms with van der Waals surface area (Å²) >= 11 is 0. The molecule has 1 aliphatic heterocycles. The molecule has 3 nitrogen and oxygen atoms in total. The second-order valence-electron chi connectivity index (χ2n) is 3.90. The SMILES string of the molecule is O=S1(=O)CC(NCc2ccc(F)c(F)c2)C1. The van der Waals surface area contributed by atoms with Crippen LogP contribution >= 0.6 is 0 Å². The van der Waals surface area contributed by atoms with Crippen molar-refractivity contribution in [2.75, 3.05) is 11.5 Å². The van der Waals surface area contributed by atoms with Gasteiger partial charge < -0.3 is 5.32 Å². The lowest BCUT2D eigenvalue weighted by atomic mass is 10.2. The zero-order valence-corrected chi connectivity index (χ0v) is 9.23. The minimum Gasteiger partial charge on any atom is -0.308 e. The summed E-state index contributed by atoms with van der Waals surface area (Å²) in [5, 5.41) is 2.97. The van der Waals surface area contributed by atoms with Gasteiger partial charge in [0.15, 0.2) is 21.5 Å². The Kier molecular flexibility index (Phi) is 2.94. The molecule has 0 saturated carbocycles. The van der Waals surface area contributed by atoms with Crippen molar-refractivity contribution in [2.24, 2.45) is 0 Å². The lowest BCUT2D eigenvalue weighted by Crippen LogP contribution is -2.50. The molecule has 0 spiro atoms. The third-order valence-corrected chi connectivity index (χ3v) is 4.31. The molecule has 1 N–H and O–H groups in total. The van der Waals surface area contributed by atoms with Gasteiger partial charge in [0.2, 0.25) is 0 Å². The second-order valence-corrected chi connectivity index (χ2v) is 6.06. The first-order valence-electron chi connectivity index (χ1n) is 4.84. The summed E-state index contributed by atoms with van der Waals surface area (Å²) in [5.41, 5.74) is 0.600. The summed E-state index contributed by atoms with van der Waals surface area (Å²) in [4.78, 5) is 0. The van der Waals surface area contributed by atoms with Gasteiger partial charge in [-0.1, -0.05) is 6.07 Å². The number of benzene rings is 1. The topological polar surface area (TPSA) is 46.2 Å². The van der Waals surface area contributed by atoms with Gasteiger partial charge in [0, 0.05) is 12.6 Å². The highest BCUT2D eigenvalue weighted by Crippen LogP contribution is 2.12. The molecule has 0 aliphatic carbocycles. The molecule has 0 atom stereocenters. The summed E-state index contributed by atoms with van der Waals surface area (Å²) in [5.74, 6) is -1.52. The van der Waals surface area contributed by atoms with Crippen LogP contribution in [0.2, 0.25) is 0 Å². The van der Waals surface area contributed by atoms with E-state index in [2.05, 4.69) is 5.32 Å². The molecule has 1 aliphatic rings. The smallest absolute Gasteiger partial charge is 0.159 e. The Morgan fingerprint density at radius 3 is 2.50 bits per heavy atom. The summed E-state index contributed by atoms with van der Waals surface area (Å²) in [6, 6.07) is 3.57. The summed E-state index contributed by atoms with van der Waals surface area (Å²) < 4.78 is 47.1. The van der Waals surface area contributed by atoms with E-state index >= 15 is 0 Å². The number of hydrogen-bond acceptors (Lipinski definition) is 3. The molecule has 2 rings (SSSR count). The molecule has 6 heteroatoms. The summed E-state index contributed by atoms with van der Waals surface area (Å²) in [6.45, 7) is 0.345. The molecular weight excluding hydrogens is 236 g/mol. The molecule has 88 valence electrons. The monoisotopic (exact) mass is 247 g/mol. The van der Waals surface area contributed by atoms with Gasteiger partial charge in [-0.25, -0.2) is 17.2 Å². The second kappa shape index (κ2) is 4.10. The van der Waals surface area contributed by atoms with Crippen LogP contribution in [0.15, 0.2) is 18.2 Å². The van der Waals surface area contributed by atoms with Gasteiger partial charge in [-0.2, -0.15) is 0 Å². The lowest BCUT2D eigenvalue weighted by Gasteiger charge is -2.26. The van der Waals surface area contributed by atoms with Crippen LogP contribution in [0.1, 0.15) is 5.56 Å². The van der Waals surface area contributed by atoms with E-state index in [4.69, 9.17) is 0 Å². The number of nitrogens with one attached hydrogen (secondary N) is 1. The van der Waals surface area contributed by atoms with Crippen molar-refractivity contribution >= 4 is 9.84 Å². The molecule has 1 heterocycles. The fourth-order valence-electron chi connectivity index (χ4n) is 1.59. The van der Waals surface area contributed by atoms with E-state index in [1.807, 2.05) is 0 Å². The zero-order valence-electron chi connectivity index (χ0n) is 8.41. The maximum atomic E-state index is 12.8. The third kappa shape index (κ3) is 2.56. The normalized spacial score (nSPS) is 19.4. The minimum atomic E-state index is -2.85. The summed E-state index contributed by atoms with van der Waals surface area (Å²) in [7, 11) is -2.85. The Hall–Kier alpha value is -1.01. The highest BCUT2D eigenvalue weighted by molar-refractivity contribution is 7.92. The zero-order chi connectivity index (χ0) is 11.8. The van der Waals surface area contributed by atoms with Gasteiger partial charge in [0.1, 0.15) is 0 Å². The van der Waals surface area contributed by atoms with Crippen molar-refractivity contribution < 1.29 is 17.2 Å². The van der Waals surface area contributed by atoms with Gasteiger partial charge in [0.25, 0.3) is 0 Å². The van der Waals surface area contributed by atoms with Gasteiger partial charge in [-0.05, 0) is 17.7 Å². The Labute approximate surface area is 92.4 Å². The van der Waals surface area contributed by atoms with E-state index in [0.717, 1.165) is 12.1 Å². The first-order valence-corrected chi connectivity index (χ1v) is 6.66. The van der Waals surface area contributed by atoms with Gasteiger partial charge in [0.05, 0.1) is 11.5 Å². The standard InChI is InChI=1S/C10H11F2NO2S/c11-9-2-1-7(3-10(9)12)4-13-8-5-16(14,15)6-8/h1-3,8,13H,4-6H2. The van der Waals surface area contributed by atoms with E-state index in [1.165, 1.54) is 6.07 Å². The maximum absolute atomic E-state index is 12.8. The van der Waals surface area contributed by atoms with Crippen molar-refractivity contribution in [1.82, 2.24) is 5.32 Å². The molecule has 1 aromatic rings. The molecule has 1 fully saturated rings. The van der Waals surface area contributed by atoms with E-state index in [1.54, 1.807) is 0 Å². The minimum absolute atomic E-state index is 0.0712. The van der Waals surface area contributed by atoms with Crippen LogP contribution in [0, 0.1) is 11.6 Å². The van der Waals surface area contributed by atoms with Crippen LogP contribution in [0.3, 0.4) is 0 Å². The molecule has 0 unspecified atom stereocenters.